The molecule has 2 aromatic heterocycles. The highest BCUT2D eigenvalue weighted by molar-refractivity contribution is 6.30. The minimum Gasteiger partial charge on any atom is -0.437 e. The van der Waals surface area contributed by atoms with Crippen LogP contribution < -0.4 is 15.4 Å². The van der Waals surface area contributed by atoms with Gasteiger partial charge < -0.3 is 10.1 Å². The van der Waals surface area contributed by atoms with Gasteiger partial charge in [-0.15, -0.1) is 5.10 Å². The predicted molar refractivity (Wildman–Crippen MR) is 107 cm³/mol. The van der Waals surface area contributed by atoms with Crippen LogP contribution in [0.2, 0.25) is 5.02 Å². The average Bonchev–Trinajstić information content (AvgIpc) is 3.31. The van der Waals surface area contributed by atoms with Crippen molar-refractivity contribution >= 4 is 40.8 Å². The molecular weight excluding hydrogens is 394 g/mol. The molecule has 1 aromatic carbocycles. The molecule has 146 valence electrons. The molecule has 0 spiro atoms. The number of imidazole rings is 1. The number of fused-ring (bicyclic) bond motifs is 1. The van der Waals surface area contributed by atoms with E-state index >= 15 is 0 Å². The zero-order valence-corrected chi connectivity index (χ0v) is 15.9. The Bertz CT molecular complexity index is 1180. The molecule has 1 aliphatic carbocycles. The van der Waals surface area contributed by atoms with Gasteiger partial charge in [-0.3, -0.25) is 14.9 Å². The van der Waals surface area contributed by atoms with E-state index in [1.54, 1.807) is 47.1 Å². The third kappa shape index (κ3) is 3.66. The molecule has 2 fully saturated rings. The molecule has 0 atom stereocenters. The number of halogens is 1. The number of aromatic nitrogens is 3. The number of nitrogens with one attached hydrogen (secondary N) is 2. The van der Waals surface area contributed by atoms with Crippen molar-refractivity contribution < 1.29 is 14.3 Å². The summed E-state index contributed by atoms with van der Waals surface area (Å²) in [5, 5.41) is 10.8. The summed E-state index contributed by atoms with van der Waals surface area (Å²) in [5.41, 5.74) is 2.36. The molecule has 8 nitrogen and oxygen atoms in total. The topological polar surface area (TPSA) is 97.6 Å². The molecule has 2 aliphatic rings. The first-order valence-corrected chi connectivity index (χ1v) is 9.56. The first kappa shape index (κ1) is 17.7. The van der Waals surface area contributed by atoms with E-state index in [1.165, 1.54) is 0 Å². The van der Waals surface area contributed by atoms with Gasteiger partial charge in [-0.1, -0.05) is 17.7 Å². The van der Waals surface area contributed by atoms with Crippen LogP contribution in [0.15, 0.2) is 42.1 Å². The van der Waals surface area contributed by atoms with Crippen LogP contribution in [0.5, 0.6) is 11.6 Å². The number of amides is 2. The lowest BCUT2D eigenvalue weighted by atomic mass is 10.2. The standard InChI is InChI=1S/C20H16ClN5O3/c21-12-2-1-3-15(8-12)29-18-9-16(23-13-4-5-13)19-22-10-14(26(19)25-18)6-11-7-17(27)24-20(11)28/h1-3,6,8-10,13,23H,4-5,7H2,(H,24,27,28). The van der Waals surface area contributed by atoms with E-state index in [2.05, 4.69) is 20.7 Å². The Morgan fingerprint density at radius 3 is 2.86 bits per heavy atom. The van der Waals surface area contributed by atoms with E-state index < -0.39 is 5.91 Å². The average molecular weight is 410 g/mol. The summed E-state index contributed by atoms with van der Waals surface area (Å²) >= 11 is 6.04. The van der Waals surface area contributed by atoms with Gasteiger partial charge in [0.1, 0.15) is 5.75 Å². The van der Waals surface area contributed by atoms with Crippen LogP contribution in [0.3, 0.4) is 0 Å². The largest absolute Gasteiger partial charge is 0.437 e. The second-order valence-corrected chi connectivity index (χ2v) is 7.45. The van der Waals surface area contributed by atoms with Crippen molar-refractivity contribution in [1.82, 2.24) is 19.9 Å². The van der Waals surface area contributed by atoms with Crippen LogP contribution >= 0.6 is 11.6 Å². The van der Waals surface area contributed by atoms with Crippen molar-refractivity contribution in [3.63, 3.8) is 0 Å². The monoisotopic (exact) mass is 409 g/mol. The molecule has 5 rings (SSSR count). The zero-order chi connectivity index (χ0) is 20.0. The predicted octanol–water partition coefficient (Wildman–Crippen LogP) is 3.18. The highest BCUT2D eigenvalue weighted by Gasteiger charge is 2.26. The van der Waals surface area contributed by atoms with Gasteiger partial charge in [0.15, 0.2) is 5.65 Å². The molecule has 3 aromatic rings. The van der Waals surface area contributed by atoms with Crippen LogP contribution in [0.1, 0.15) is 25.0 Å². The van der Waals surface area contributed by atoms with Crippen molar-refractivity contribution in [1.29, 1.82) is 0 Å². The van der Waals surface area contributed by atoms with Gasteiger partial charge >= 0.3 is 0 Å². The maximum Gasteiger partial charge on any atom is 0.254 e. The van der Waals surface area contributed by atoms with Crippen LogP contribution in [0.25, 0.3) is 11.7 Å². The fourth-order valence-corrected chi connectivity index (χ4v) is 3.30. The molecular formula is C20H16ClN5O3. The summed E-state index contributed by atoms with van der Waals surface area (Å²) in [6, 6.07) is 9.24. The fraction of sp³-hybridized carbons (Fsp3) is 0.200. The Hall–Kier alpha value is -3.39. The molecule has 0 bridgehead atoms. The van der Waals surface area contributed by atoms with Gasteiger partial charge in [0.05, 0.1) is 24.0 Å². The van der Waals surface area contributed by atoms with Crippen molar-refractivity contribution in [2.75, 3.05) is 5.32 Å². The summed E-state index contributed by atoms with van der Waals surface area (Å²) in [7, 11) is 0. The van der Waals surface area contributed by atoms with Gasteiger partial charge in [0.25, 0.3) is 5.91 Å². The maximum atomic E-state index is 11.9. The van der Waals surface area contributed by atoms with E-state index in [0.717, 1.165) is 18.5 Å². The molecule has 2 amide bonds. The molecule has 1 saturated carbocycles. The molecule has 1 saturated heterocycles. The fourth-order valence-electron chi connectivity index (χ4n) is 3.12. The first-order valence-electron chi connectivity index (χ1n) is 9.19. The van der Waals surface area contributed by atoms with Crippen molar-refractivity contribution in [2.24, 2.45) is 0 Å². The van der Waals surface area contributed by atoms with E-state index in [0.29, 0.717) is 39.6 Å². The Balaban J connectivity index is 1.57. The number of benzene rings is 1. The number of imide groups is 1. The van der Waals surface area contributed by atoms with Gasteiger partial charge in [0.2, 0.25) is 11.8 Å². The highest BCUT2D eigenvalue weighted by atomic mass is 35.5. The molecule has 2 N–H and O–H groups in total. The minimum atomic E-state index is -0.396. The Morgan fingerprint density at radius 1 is 1.28 bits per heavy atom. The summed E-state index contributed by atoms with van der Waals surface area (Å²) in [6.45, 7) is 0. The molecule has 0 unspecified atom stereocenters. The molecule has 29 heavy (non-hydrogen) atoms. The minimum absolute atomic E-state index is 0.0396. The number of hydrogen-bond acceptors (Lipinski definition) is 6. The SMILES string of the molecule is O=C1CC(=Cc2cnc3c(NC4CC4)cc(Oc4cccc(Cl)c4)nn23)C(=O)N1. The molecule has 9 heteroatoms. The molecule has 3 heterocycles. The van der Waals surface area contributed by atoms with Gasteiger partial charge in [-0.2, -0.15) is 0 Å². The van der Waals surface area contributed by atoms with Crippen LogP contribution in [0.4, 0.5) is 5.69 Å². The van der Waals surface area contributed by atoms with Crippen molar-refractivity contribution in [3.8, 4) is 11.6 Å². The van der Waals surface area contributed by atoms with E-state index in [-0.39, 0.29) is 12.3 Å². The Kier molecular flexibility index (Phi) is 4.21. The number of ether oxygens (including phenoxy) is 1. The smallest absolute Gasteiger partial charge is 0.254 e. The van der Waals surface area contributed by atoms with Crippen LogP contribution in [0, 0.1) is 0 Å². The van der Waals surface area contributed by atoms with Crippen molar-refractivity contribution in [3.05, 3.63) is 52.8 Å². The van der Waals surface area contributed by atoms with Crippen LogP contribution in [-0.4, -0.2) is 32.5 Å². The normalized spacial score (nSPS) is 17.8. The Morgan fingerprint density at radius 2 is 2.14 bits per heavy atom. The number of rotatable bonds is 5. The van der Waals surface area contributed by atoms with Gasteiger partial charge in [-0.25, -0.2) is 9.50 Å². The highest BCUT2D eigenvalue weighted by Crippen LogP contribution is 2.31. The van der Waals surface area contributed by atoms with E-state index in [1.807, 2.05) is 0 Å². The second kappa shape index (κ2) is 6.89. The molecule has 1 aliphatic heterocycles. The van der Waals surface area contributed by atoms with E-state index in [9.17, 15) is 9.59 Å². The summed E-state index contributed by atoms with van der Waals surface area (Å²) < 4.78 is 7.51. The number of carbonyl (C=O) groups is 2. The quantitative estimate of drug-likeness (QED) is 0.496. The second-order valence-electron chi connectivity index (χ2n) is 7.02. The zero-order valence-electron chi connectivity index (χ0n) is 15.2. The maximum absolute atomic E-state index is 11.9. The third-order valence-corrected chi connectivity index (χ3v) is 4.88. The number of nitrogens with zero attached hydrogens (tertiary/aromatic N) is 3. The summed E-state index contributed by atoms with van der Waals surface area (Å²) in [6.07, 6.45) is 5.47. The third-order valence-electron chi connectivity index (χ3n) is 4.64. The number of anilines is 1. The number of hydrogen-bond donors (Lipinski definition) is 2. The Labute approximate surface area is 170 Å². The lowest BCUT2D eigenvalue weighted by Crippen LogP contribution is -2.19. The summed E-state index contributed by atoms with van der Waals surface area (Å²) in [4.78, 5) is 27.8. The van der Waals surface area contributed by atoms with E-state index in [4.69, 9.17) is 16.3 Å². The lowest BCUT2D eigenvalue weighted by Gasteiger charge is -2.11. The van der Waals surface area contributed by atoms with Gasteiger partial charge in [0, 0.05) is 22.7 Å². The number of carbonyl (C=O) groups excluding carboxylic acids is 2. The van der Waals surface area contributed by atoms with Crippen molar-refractivity contribution in [2.45, 2.75) is 25.3 Å². The van der Waals surface area contributed by atoms with Crippen LogP contribution in [-0.2, 0) is 9.59 Å². The summed E-state index contributed by atoms with van der Waals surface area (Å²) in [5.74, 6) is 0.201. The molecule has 0 radical (unpaired) electrons. The first-order chi connectivity index (χ1) is 14.0. The van der Waals surface area contributed by atoms with Gasteiger partial charge in [-0.05, 0) is 37.1 Å². The lowest BCUT2D eigenvalue weighted by molar-refractivity contribution is -0.124.